The molecule has 7 nitrogen and oxygen atoms in total. The Kier molecular flexibility index (Phi) is 3.88. The number of esters is 1. The highest BCUT2D eigenvalue weighted by atomic mass is 16.5. The number of amides is 1. The number of nitrogens with zero attached hydrogens (tertiary/aromatic N) is 2. The summed E-state index contributed by atoms with van der Waals surface area (Å²) in [5.41, 5.74) is 0.377. The number of anilines is 1. The van der Waals surface area contributed by atoms with E-state index >= 15 is 0 Å². The molecule has 2 heterocycles. The second-order valence-corrected chi connectivity index (χ2v) is 4.36. The van der Waals surface area contributed by atoms with Crippen LogP contribution in [0.15, 0.2) is 28.9 Å². The van der Waals surface area contributed by atoms with E-state index in [4.69, 9.17) is 9.26 Å². The molecule has 0 aliphatic heterocycles. The highest BCUT2D eigenvalue weighted by molar-refractivity contribution is 5.96. The number of aryl methyl sites for hydroxylation is 2. The number of hydrogen-bond donors (Lipinski definition) is 1. The van der Waals surface area contributed by atoms with Gasteiger partial charge in [-0.25, -0.2) is 4.79 Å². The lowest BCUT2D eigenvalue weighted by Crippen LogP contribution is -2.30. The summed E-state index contributed by atoms with van der Waals surface area (Å²) in [5.74, 6) is -0.166. The van der Waals surface area contributed by atoms with E-state index in [1.807, 2.05) is 0 Å². The van der Waals surface area contributed by atoms with Crippen molar-refractivity contribution in [2.75, 3.05) is 5.32 Å². The van der Waals surface area contributed by atoms with Crippen molar-refractivity contribution in [1.82, 2.24) is 9.72 Å². The third-order valence-corrected chi connectivity index (χ3v) is 2.69. The minimum absolute atomic E-state index is 0.286. The molecule has 0 saturated carbocycles. The topological polar surface area (TPSA) is 86.4 Å². The molecule has 0 unspecified atom stereocenters. The molecule has 2 aromatic heterocycles. The van der Waals surface area contributed by atoms with Gasteiger partial charge in [0.1, 0.15) is 11.5 Å². The highest BCUT2D eigenvalue weighted by Gasteiger charge is 2.21. The van der Waals surface area contributed by atoms with Crippen molar-refractivity contribution in [2.24, 2.45) is 7.05 Å². The summed E-state index contributed by atoms with van der Waals surface area (Å²) < 4.78 is 11.5. The van der Waals surface area contributed by atoms with Crippen molar-refractivity contribution >= 4 is 17.7 Å². The second-order valence-electron chi connectivity index (χ2n) is 4.36. The average Bonchev–Trinajstić information content (AvgIpc) is 2.98. The Hall–Kier alpha value is -2.57. The van der Waals surface area contributed by atoms with Gasteiger partial charge in [-0.15, -0.1) is 0 Å². The molecule has 0 radical (unpaired) electrons. The number of rotatable bonds is 4. The largest absolute Gasteiger partial charge is 0.448 e. The predicted molar refractivity (Wildman–Crippen MR) is 70.2 cm³/mol. The molecule has 20 heavy (non-hydrogen) atoms. The van der Waals surface area contributed by atoms with Crippen LogP contribution < -0.4 is 5.32 Å². The van der Waals surface area contributed by atoms with E-state index in [9.17, 15) is 9.59 Å². The molecule has 1 amide bonds. The molecular formula is C13H15N3O4. The van der Waals surface area contributed by atoms with Crippen molar-refractivity contribution in [2.45, 2.75) is 20.0 Å². The van der Waals surface area contributed by atoms with Crippen molar-refractivity contribution in [3.63, 3.8) is 0 Å². The first-order valence-electron chi connectivity index (χ1n) is 6.04. The molecule has 0 spiro atoms. The Morgan fingerprint density at radius 3 is 2.80 bits per heavy atom. The molecule has 0 aliphatic rings. The zero-order valence-corrected chi connectivity index (χ0v) is 11.4. The first-order valence-corrected chi connectivity index (χ1v) is 6.04. The van der Waals surface area contributed by atoms with Gasteiger partial charge in [-0.2, -0.15) is 0 Å². The third-order valence-electron chi connectivity index (χ3n) is 2.69. The lowest BCUT2D eigenvalue weighted by molar-refractivity contribution is -0.123. The van der Waals surface area contributed by atoms with E-state index in [-0.39, 0.29) is 5.82 Å². The quantitative estimate of drug-likeness (QED) is 0.856. The van der Waals surface area contributed by atoms with Crippen LogP contribution in [-0.4, -0.2) is 27.7 Å². The summed E-state index contributed by atoms with van der Waals surface area (Å²) in [4.78, 5) is 23.7. The first kappa shape index (κ1) is 13.9. The van der Waals surface area contributed by atoms with Gasteiger partial charge in [0.15, 0.2) is 11.9 Å². The lowest BCUT2D eigenvalue weighted by atomic mass is 10.3. The summed E-state index contributed by atoms with van der Waals surface area (Å²) in [7, 11) is 1.72. The fourth-order valence-corrected chi connectivity index (χ4v) is 1.60. The number of ether oxygens (including phenoxy) is 1. The van der Waals surface area contributed by atoms with E-state index in [0.717, 1.165) is 0 Å². The Labute approximate surface area is 115 Å². The van der Waals surface area contributed by atoms with Gasteiger partial charge in [0.05, 0.1) is 0 Å². The van der Waals surface area contributed by atoms with E-state index in [1.165, 1.54) is 6.92 Å². The number of aromatic nitrogens is 2. The fraction of sp³-hybridized carbons (Fsp3) is 0.308. The van der Waals surface area contributed by atoms with Gasteiger partial charge in [-0.3, -0.25) is 4.79 Å². The highest BCUT2D eigenvalue weighted by Crippen LogP contribution is 2.09. The van der Waals surface area contributed by atoms with E-state index in [1.54, 1.807) is 42.9 Å². The van der Waals surface area contributed by atoms with Crippen molar-refractivity contribution in [1.29, 1.82) is 0 Å². The van der Waals surface area contributed by atoms with Crippen LogP contribution in [0.4, 0.5) is 5.82 Å². The molecule has 2 aromatic rings. The lowest BCUT2D eigenvalue weighted by Gasteiger charge is -2.12. The Morgan fingerprint density at radius 2 is 2.25 bits per heavy atom. The smallest absolute Gasteiger partial charge is 0.355 e. The molecule has 0 bridgehead atoms. The normalized spacial score (nSPS) is 11.9. The van der Waals surface area contributed by atoms with Gasteiger partial charge in [-0.1, -0.05) is 5.16 Å². The average molecular weight is 277 g/mol. The van der Waals surface area contributed by atoms with Crippen molar-refractivity contribution < 1.29 is 18.8 Å². The van der Waals surface area contributed by atoms with Crippen LogP contribution in [0.3, 0.4) is 0 Å². The summed E-state index contributed by atoms with van der Waals surface area (Å²) in [6, 6.07) is 4.91. The SMILES string of the molecule is Cc1cc(NC(=O)[C@H](C)OC(=O)c2cccn2C)no1. The van der Waals surface area contributed by atoms with E-state index in [0.29, 0.717) is 11.5 Å². The molecule has 0 aliphatic carbocycles. The summed E-state index contributed by atoms with van der Waals surface area (Å²) in [6.07, 6.45) is 0.786. The number of hydrogen-bond acceptors (Lipinski definition) is 5. The third kappa shape index (κ3) is 3.05. The predicted octanol–water partition coefficient (Wildman–Crippen LogP) is 1.51. The minimum Gasteiger partial charge on any atom is -0.448 e. The Balaban J connectivity index is 1.94. The van der Waals surface area contributed by atoms with Crippen LogP contribution in [0.1, 0.15) is 23.2 Å². The van der Waals surface area contributed by atoms with Crippen molar-refractivity contribution in [3.8, 4) is 0 Å². The van der Waals surface area contributed by atoms with Crippen LogP contribution in [-0.2, 0) is 16.6 Å². The van der Waals surface area contributed by atoms with Gasteiger partial charge in [-0.05, 0) is 26.0 Å². The summed E-state index contributed by atoms with van der Waals surface area (Å²) in [5, 5.41) is 6.13. The molecule has 7 heteroatoms. The Morgan fingerprint density at radius 1 is 1.50 bits per heavy atom. The zero-order valence-electron chi connectivity index (χ0n) is 11.4. The number of carbonyl (C=O) groups excluding carboxylic acids is 2. The standard InChI is InChI=1S/C13H15N3O4/c1-8-7-11(15-20-8)14-12(17)9(2)19-13(18)10-5-4-6-16(10)3/h4-7,9H,1-3H3,(H,14,15,17)/t9-/m0/s1. The minimum atomic E-state index is -0.936. The van der Waals surface area contributed by atoms with E-state index in [2.05, 4.69) is 10.5 Å². The monoisotopic (exact) mass is 277 g/mol. The number of carbonyl (C=O) groups is 2. The van der Waals surface area contributed by atoms with Gasteiger partial charge in [0.2, 0.25) is 0 Å². The first-order chi connectivity index (χ1) is 9.47. The molecule has 0 saturated heterocycles. The van der Waals surface area contributed by atoms with Crippen LogP contribution in [0.2, 0.25) is 0 Å². The van der Waals surface area contributed by atoms with Crippen molar-refractivity contribution in [3.05, 3.63) is 35.9 Å². The maximum absolute atomic E-state index is 11.8. The van der Waals surface area contributed by atoms with Crippen LogP contribution in [0.25, 0.3) is 0 Å². The van der Waals surface area contributed by atoms with Crippen LogP contribution in [0.5, 0.6) is 0 Å². The molecule has 2 rings (SSSR count). The molecule has 0 aromatic carbocycles. The Bertz CT molecular complexity index is 629. The molecule has 106 valence electrons. The zero-order chi connectivity index (χ0) is 14.7. The molecule has 1 atom stereocenters. The summed E-state index contributed by atoms with van der Waals surface area (Å²) >= 11 is 0. The fourth-order valence-electron chi connectivity index (χ4n) is 1.60. The summed E-state index contributed by atoms with van der Waals surface area (Å²) in [6.45, 7) is 3.20. The van der Waals surface area contributed by atoms with Gasteiger partial charge < -0.3 is 19.1 Å². The van der Waals surface area contributed by atoms with Gasteiger partial charge in [0.25, 0.3) is 5.91 Å². The van der Waals surface area contributed by atoms with Crippen LogP contribution in [0, 0.1) is 6.92 Å². The molecule has 0 fully saturated rings. The van der Waals surface area contributed by atoms with Crippen LogP contribution >= 0.6 is 0 Å². The second kappa shape index (κ2) is 5.60. The van der Waals surface area contributed by atoms with Gasteiger partial charge >= 0.3 is 5.97 Å². The molecule has 1 N–H and O–H groups in total. The maximum atomic E-state index is 11.8. The number of nitrogens with one attached hydrogen (secondary N) is 1. The van der Waals surface area contributed by atoms with Gasteiger partial charge in [0, 0.05) is 19.3 Å². The maximum Gasteiger partial charge on any atom is 0.355 e. The van der Waals surface area contributed by atoms with E-state index < -0.39 is 18.0 Å². The molecular weight excluding hydrogens is 262 g/mol.